The predicted molar refractivity (Wildman–Crippen MR) is 90.2 cm³/mol. The van der Waals surface area contributed by atoms with Gasteiger partial charge in [0.05, 0.1) is 25.0 Å². The van der Waals surface area contributed by atoms with Gasteiger partial charge in [-0.15, -0.1) is 0 Å². The van der Waals surface area contributed by atoms with Gasteiger partial charge in [0.2, 0.25) is 5.88 Å². The highest BCUT2D eigenvalue weighted by atomic mass is 35.5. The molecule has 7 nitrogen and oxygen atoms in total. The van der Waals surface area contributed by atoms with Gasteiger partial charge in [-0.3, -0.25) is 0 Å². The number of carbonyl (C=O) groups is 1. The molecule has 1 saturated carbocycles. The first-order chi connectivity index (χ1) is 11.7. The highest BCUT2D eigenvalue weighted by Gasteiger charge is 2.29. The SMILES string of the molecule is O=C(NCCOc1ncccc1Cl)N[C@H]1CCC[C@@H]1n1ccnc1. The van der Waals surface area contributed by atoms with Crippen LogP contribution in [0.1, 0.15) is 25.3 Å². The Hall–Kier alpha value is -2.28. The molecular weight excluding hydrogens is 330 g/mol. The Morgan fingerprint density at radius 2 is 2.33 bits per heavy atom. The van der Waals surface area contributed by atoms with Gasteiger partial charge in [0, 0.05) is 18.6 Å². The maximum absolute atomic E-state index is 12.0. The quantitative estimate of drug-likeness (QED) is 0.785. The van der Waals surface area contributed by atoms with E-state index in [2.05, 4.69) is 25.2 Å². The van der Waals surface area contributed by atoms with Gasteiger partial charge in [-0.2, -0.15) is 0 Å². The van der Waals surface area contributed by atoms with Crippen LogP contribution in [0.3, 0.4) is 0 Å². The number of halogens is 1. The van der Waals surface area contributed by atoms with Crippen molar-refractivity contribution in [1.82, 2.24) is 25.2 Å². The average molecular weight is 350 g/mol. The van der Waals surface area contributed by atoms with E-state index < -0.39 is 0 Å². The largest absolute Gasteiger partial charge is 0.475 e. The molecule has 2 aromatic heterocycles. The van der Waals surface area contributed by atoms with E-state index in [0.29, 0.717) is 24.1 Å². The summed E-state index contributed by atoms with van der Waals surface area (Å²) < 4.78 is 7.50. The minimum absolute atomic E-state index is 0.116. The Labute approximate surface area is 145 Å². The number of pyridine rings is 1. The molecule has 8 heteroatoms. The zero-order valence-electron chi connectivity index (χ0n) is 13.2. The fraction of sp³-hybridized carbons (Fsp3) is 0.438. The molecule has 0 radical (unpaired) electrons. The monoisotopic (exact) mass is 349 g/mol. The first-order valence-electron chi connectivity index (χ1n) is 7.99. The Morgan fingerprint density at radius 1 is 1.42 bits per heavy atom. The van der Waals surface area contributed by atoms with Gasteiger partial charge in [-0.25, -0.2) is 14.8 Å². The molecule has 0 saturated heterocycles. The molecule has 1 aliphatic rings. The number of hydrogen-bond donors (Lipinski definition) is 2. The Bertz CT molecular complexity index is 664. The molecule has 2 atom stereocenters. The first-order valence-corrected chi connectivity index (χ1v) is 8.37. The Morgan fingerprint density at radius 3 is 3.12 bits per heavy atom. The summed E-state index contributed by atoms with van der Waals surface area (Å²) in [6.45, 7) is 0.682. The number of carbonyl (C=O) groups excluding carboxylic acids is 1. The van der Waals surface area contributed by atoms with Gasteiger partial charge in [-0.05, 0) is 31.4 Å². The maximum atomic E-state index is 12.0. The van der Waals surface area contributed by atoms with Crippen molar-refractivity contribution >= 4 is 17.6 Å². The molecule has 3 rings (SSSR count). The second-order valence-corrected chi connectivity index (χ2v) is 6.06. The summed E-state index contributed by atoms with van der Waals surface area (Å²) in [5.41, 5.74) is 0. The second-order valence-electron chi connectivity index (χ2n) is 5.65. The average Bonchev–Trinajstić information content (AvgIpc) is 3.24. The van der Waals surface area contributed by atoms with Gasteiger partial charge >= 0.3 is 6.03 Å². The van der Waals surface area contributed by atoms with E-state index in [1.165, 1.54) is 0 Å². The van der Waals surface area contributed by atoms with Crippen LogP contribution < -0.4 is 15.4 Å². The third-order valence-corrected chi connectivity index (χ3v) is 4.34. The molecule has 2 amide bonds. The van der Waals surface area contributed by atoms with Crippen molar-refractivity contribution in [2.24, 2.45) is 0 Å². The highest BCUT2D eigenvalue weighted by Crippen LogP contribution is 2.29. The van der Waals surface area contributed by atoms with Crippen molar-refractivity contribution in [3.8, 4) is 5.88 Å². The molecule has 1 fully saturated rings. The molecule has 2 aromatic rings. The zero-order valence-corrected chi connectivity index (χ0v) is 13.9. The fourth-order valence-corrected chi connectivity index (χ4v) is 3.12. The van der Waals surface area contributed by atoms with Gasteiger partial charge < -0.3 is 19.9 Å². The number of urea groups is 1. The van der Waals surface area contributed by atoms with Crippen LogP contribution in [-0.2, 0) is 0 Å². The number of ether oxygens (including phenoxy) is 1. The summed E-state index contributed by atoms with van der Waals surface area (Å²) in [7, 11) is 0. The summed E-state index contributed by atoms with van der Waals surface area (Å²) >= 11 is 5.95. The molecule has 0 aromatic carbocycles. The van der Waals surface area contributed by atoms with Crippen LogP contribution in [0.25, 0.3) is 0 Å². The number of nitrogens with one attached hydrogen (secondary N) is 2. The van der Waals surface area contributed by atoms with E-state index in [-0.39, 0.29) is 18.1 Å². The summed E-state index contributed by atoms with van der Waals surface area (Å²) in [5, 5.41) is 6.28. The minimum Gasteiger partial charge on any atom is -0.475 e. The molecule has 128 valence electrons. The van der Waals surface area contributed by atoms with E-state index in [1.54, 1.807) is 30.9 Å². The molecule has 1 aliphatic carbocycles. The predicted octanol–water partition coefficient (Wildman–Crippen LogP) is 2.40. The van der Waals surface area contributed by atoms with Crippen LogP contribution in [0.4, 0.5) is 4.79 Å². The van der Waals surface area contributed by atoms with Crippen LogP contribution in [0, 0.1) is 0 Å². The van der Waals surface area contributed by atoms with E-state index in [0.717, 1.165) is 19.3 Å². The Kier molecular flexibility index (Phi) is 5.53. The van der Waals surface area contributed by atoms with Crippen molar-refractivity contribution in [3.63, 3.8) is 0 Å². The van der Waals surface area contributed by atoms with Crippen LogP contribution in [-0.4, -0.2) is 39.8 Å². The first kappa shape index (κ1) is 16.6. The zero-order chi connectivity index (χ0) is 16.8. The number of rotatable bonds is 6. The lowest BCUT2D eigenvalue weighted by Gasteiger charge is -2.22. The third kappa shape index (κ3) is 4.17. The number of hydrogen-bond acceptors (Lipinski definition) is 4. The van der Waals surface area contributed by atoms with E-state index in [1.807, 2.05) is 6.20 Å². The van der Waals surface area contributed by atoms with Crippen molar-refractivity contribution in [2.45, 2.75) is 31.3 Å². The summed E-state index contributed by atoms with van der Waals surface area (Å²) in [6, 6.07) is 3.63. The summed E-state index contributed by atoms with van der Waals surface area (Å²) in [6.07, 6.45) is 10.2. The normalized spacial score (nSPS) is 19.9. The number of imidazole rings is 1. The van der Waals surface area contributed by atoms with Crippen LogP contribution in [0.5, 0.6) is 5.88 Å². The topological polar surface area (TPSA) is 81.1 Å². The molecule has 0 aliphatic heterocycles. The van der Waals surface area contributed by atoms with Crippen molar-refractivity contribution in [1.29, 1.82) is 0 Å². The molecule has 2 heterocycles. The molecule has 2 N–H and O–H groups in total. The Balaban J connectivity index is 1.40. The molecular formula is C16H20ClN5O2. The van der Waals surface area contributed by atoms with E-state index in [9.17, 15) is 4.79 Å². The fourth-order valence-electron chi connectivity index (χ4n) is 2.94. The molecule has 0 spiro atoms. The van der Waals surface area contributed by atoms with Gasteiger partial charge in [0.15, 0.2) is 0 Å². The van der Waals surface area contributed by atoms with Crippen molar-refractivity contribution in [2.75, 3.05) is 13.2 Å². The summed E-state index contributed by atoms with van der Waals surface area (Å²) in [4.78, 5) is 20.2. The molecule has 0 unspecified atom stereocenters. The van der Waals surface area contributed by atoms with Crippen LogP contribution in [0.2, 0.25) is 5.02 Å². The lowest BCUT2D eigenvalue weighted by atomic mass is 10.2. The minimum atomic E-state index is -0.192. The van der Waals surface area contributed by atoms with Gasteiger partial charge in [0.1, 0.15) is 11.6 Å². The molecule has 24 heavy (non-hydrogen) atoms. The van der Waals surface area contributed by atoms with Crippen molar-refractivity contribution < 1.29 is 9.53 Å². The smallest absolute Gasteiger partial charge is 0.315 e. The lowest BCUT2D eigenvalue weighted by Crippen LogP contribution is -2.45. The van der Waals surface area contributed by atoms with E-state index >= 15 is 0 Å². The number of amides is 2. The molecule has 0 bridgehead atoms. The number of nitrogens with zero attached hydrogens (tertiary/aromatic N) is 3. The second kappa shape index (κ2) is 8.01. The van der Waals surface area contributed by atoms with Crippen LogP contribution >= 0.6 is 11.6 Å². The maximum Gasteiger partial charge on any atom is 0.315 e. The third-order valence-electron chi connectivity index (χ3n) is 4.05. The van der Waals surface area contributed by atoms with Crippen LogP contribution in [0.15, 0.2) is 37.1 Å². The van der Waals surface area contributed by atoms with E-state index in [4.69, 9.17) is 16.3 Å². The van der Waals surface area contributed by atoms with Gasteiger partial charge in [-0.1, -0.05) is 11.6 Å². The standard InChI is InChI=1S/C16H20ClN5O2/c17-12-3-2-6-19-15(12)24-10-8-20-16(23)21-13-4-1-5-14(13)22-9-7-18-11-22/h2-3,6-7,9,11,13-14H,1,4-5,8,10H2,(H2,20,21,23)/t13-,14-/m0/s1. The lowest BCUT2D eigenvalue weighted by molar-refractivity contribution is 0.229. The number of aromatic nitrogens is 3. The van der Waals surface area contributed by atoms with Gasteiger partial charge in [0.25, 0.3) is 0 Å². The summed E-state index contributed by atoms with van der Waals surface area (Å²) in [5.74, 6) is 0.373. The highest BCUT2D eigenvalue weighted by molar-refractivity contribution is 6.31. The van der Waals surface area contributed by atoms with Crippen molar-refractivity contribution in [3.05, 3.63) is 42.1 Å².